The molecule has 0 saturated heterocycles. The monoisotopic (exact) mass is 498 g/mol. The SMILES string of the molecule is CCCc1nc2n(n1)C(c1ccc3c(c1)OCCCO3)C1=C(CC(c3ccc(C(C)C)cc3)CC1=O)N2. The first-order chi connectivity index (χ1) is 18.0. The number of anilines is 1. The molecule has 0 fully saturated rings. The third-order valence-electron chi connectivity index (χ3n) is 7.60. The van der Waals surface area contributed by atoms with Gasteiger partial charge in [-0.05, 0) is 53.5 Å². The fraction of sp³-hybridized carbons (Fsp3) is 0.433. The number of carbonyl (C=O) groups excluding carboxylic acids is 1. The average Bonchev–Trinajstić information content (AvgIpc) is 3.14. The number of hydrogen-bond donors (Lipinski definition) is 1. The Bertz CT molecular complexity index is 1360. The van der Waals surface area contributed by atoms with Crippen molar-refractivity contribution >= 4 is 11.7 Å². The highest BCUT2D eigenvalue weighted by Crippen LogP contribution is 2.45. The van der Waals surface area contributed by atoms with Crippen LogP contribution < -0.4 is 14.8 Å². The summed E-state index contributed by atoms with van der Waals surface area (Å²) >= 11 is 0. The zero-order chi connectivity index (χ0) is 25.5. The van der Waals surface area contributed by atoms with Crippen molar-refractivity contribution in [1.82, 2.24) is 14.8 Å². The Morgan fingerprint density at radius 2 is 1.78 bits per heavy atom. The molecule has 2 aromatic carbocycles. The van der Waals surface area contributed by atoms with E-state index in [2.05, 4.69) is 50.4 Å². The van der Waals surface area contributed by atoms with E-state index in [0.29, 0.717) is 31.5 Å². The van der Waals surface area contributed by atoms with Gasteiger partial charge in [0.05, 0.1) is 13.2 Å². The van der Waals surface area contributed by atoms with Crippen LogP contribution in [0.4, 0.5) is 5.95 Å². The molecule has 1 aromatic heterocycles. The molecule has 1 aliphatic carbocycles. The third kappa shape index (κ3) is 4.41. The van der Waals surface area contributed by atoms with Gasteiger partial charge in [-0.25, -0.2) is 4.68 Å². The van der Waals surface area contributed by atoms with Crippen LogP contribution >= 0.6 is 0 Å². The first kappa shape index (κ1) is 23.8. The number of aryl methyl sites for hydroxylation is 1. The number of carbonyl (C=O) groups is 1. The van der Waals surface area contributed by atoms with Crippen LogP contribution in [-0.4, -0.2) is 33.8 Å². The highest BCUT2D eigenvalue weighted by molar-refractivity contribution is 6.00. The molecule has 6 rings (SSSR count). The molecule has 0 bridgehead atoms. The van der Waals surface area contributed by atoms with Crippen molar-refractivity contribution in [3.8, 4) is 11.5 Å². The van der Waals surface area contributed by atoms with Gasteiger partial charge in [-0.1, -0.05) is 51.1 Å². The van der Waals surface area contributed by atoms with Gasteiger partial charge in [0.15, 0.2) is 23.1 Å². The van der Waals surface area contributed by atoms with Crippen LogP contribution in [0, 0.1) is 0 Å². The lowest BCUT2D eigenvalue weighted by Crippen LogP contribution is -2.33. The van der Waals surface area contributed by atoms with Crippen LogP contribution in [0.1, 0.15) is 86.8 Å². The van der Waals surface area contributed by atoms with Crippen molar-refractivity contribution < 1.29 is 14.3 Å². The molecule has 2 unspecified atom stereocenters. The van der Waals surface area contributed by atoms with Crippen molar-refractivity contribution in [2.75, 3.05) is 18.5 Å². The highest BCUT2D eigenvalue weighted by atomic mass is 16.5. The van der Waals surface area contributed by atoms with E-state index in [1.165, 1.54) is 11.1 Å². The fourth-order valence-electron chi connectivity index (χ4n) is 5.63. The van der Waals surface area contributed by atoms with Crippen LogP contribution in [0.5, 0.6) is 11.5 Å². The molecule has 0 saturated carbocycles. The zero-order valence-corrected chi connectivity index (χ0v) is 21.8. The third-order valence-corrected chi connectivity index (χ3v) is 7.60. The number of aromatic nitrogens is 3. The smallest absolute Gasteiger partial charge is 0.226 e. The average molecular weight is 499 g/mol. The van der Waals surface area contributed by atoms with Crippen molar-refractivity contribution in [3.63, 3.8) is 0 Å². The Hall–Kier alpha value is -3.61. The lowest BCUT2D eigenvalue weighted by molar-refractivity contribution is -0.116. The normalized spacial score (nSPS) is 20.8. The number of allylic oxidation sites excluding steroid dienone is 2. The van der Waals surface area contributed by atoms with Crippen molar-refractivity contribution in [2.24, 2.45) is 0 Å². The summed E-state index contributed by atoms with van der Waals surface area (Å²) in [5, 5.41) is 8.34. The van der Waals surface area contributed by atoms with Gasteiger partial charge in [0, 0.05) is 30.5 Å². The molecule has 37 heavy (non-hydrogen) atoms. The Morgan fingerprint density at radius 1 is 1.03 bits per heavy atom. The molecule has 0 amide bonds. The quantitative estimate of drug-likeness (QED) is 0.470. The van der Waals surface area contributed by atoms with Gasteiger partial charge in [0.1, 0.15) is 6.04 Å². The number of ketones is 1. The van der Waals surface area contributed by atoms with E-state index < -0.39 is 0 Å². The minimum atomic E-state index is -0.349. The highest BCUT2D eigenvalue weighted by Gasteiger charge is 2.40. The van der Waals surface area contributed by atoms with Gasteiger partial charge in [-0.3, -0.25) is 4.79 Å². The predicted octanol–water partition coefficient (Wildman–Crippen LogP) is 5.93. The minimum Gasteiger partial charge on any atom is -0.490 e. The number of ether oxygens (including phenoxy) is 2. The molecule has 0 spiro atoms. The second kappa shape index (κ2) is 9.69. The summed E-state index contributed by atoms with van der Waals surface area (Å²) in [5.74, 6) is 3.72. The minimum absolute atomic E-state index is 0.133. The van der Waals surface area contributed by atoms with Crippen molar-refractivity contribution in [2.45, 2.75) is 70.8 Å². The van der Waals surface area contributed by atoms with Crippen molar-refractivity contribution in [1.29, 1.82) is 0 Å². The van der Waals surface area contributed by atoms with Crippen LogP contribution in [0.15, 0.2) is 53.7 Å². The molecule has 3 aliphatic rings. The van der Waals surface area contributed by atoms with Crippen LogP contribution in [-0.2, 0) is 11.2 Å². The van der Waals surface area contributed by atoms with Crippen LogP contribution in [0.3, 0.4) is 0 Å². The molecular formula is C30H34N4O3. The molecule has 0 radical (unpaired) electrons. The van der Waals surface area contributed by atoms with E-state index in [-0.39, 0.29) is 17.7 Å². The topological polar surface area (TPSA) is 78.3 Å². The van der Waals surface area contributed by atoms with Crippen molar-refractivity contribution in [3.05, 3.63) is 76.2 Å². The Kier molecular flexibility index (Phi) is 6.22. The second-order valence-electron chi connectivity index (χ2n) is 10.6. The van der Waals surface area contributed by atoms with Gasteiger partial charge >= 0.3 is 0 Å². The van der Waals surface area contributed by atoms with E-state index in [9.17, 15) is 4.79 Å². The van der Waals surface area contributed by atoms with E-state index in [0.717, 1.165) is 59.8 Å². The molecule has 3 heterocycles. The van der Waals surface area contributed by atoms with Crippen LogP contribution in [0.25, 0.3) is 0 Å². The number of benzene rings is 2. The maximum Gasteiger partial charge on any atom is 0.226 e. The van der Waals surface area contributed by atoms with E-state index >= 15 is 0 Å². The molecule has 2 atom stereocenters. The van der Waals surface area contributed by atoms with E-state index in [4.69, 9.17) is 19.6 Å². The standard InChI is InChI=1S/C30H34N4O3/c1-4-6-27-32-30-31-23-15-22(20-9-7-19(8-10-20)18(2)3)16-24(35)28(23)29(34(30)33-27)21-11-12-25-26(17-21)37-14-5-13-36-25/h7-12,17-18,22,29H,4-6,13-16H2,1-3H3,(H,31,32,33). The lowest BCUT2D eigenvalue weighted by Gasteiger charge is -2.35. The Labute approximate surface area is 217 Å². The number of rotatable bonds is 5. The largest absolute Gasteiger partial charge is 0.490 e. The predicted molar refractivity (Wildman–Crippen MR) is 142 cm³/mol. The van der Waals surface area contributed by atoms with Gasteiger partial charge in [0.25, 0.3) is 0 Å². The molecule has 192 valence electrons. The molecule has 1 N–H and O–H groups in total. The van der Waals surface area contributed by atoms with E-state index in [1.54, 1.807) is 0 Å². The summed E-state index contributed by atoms with van der Waals surface area (Å²) < 4.78 is 13.7. The molecule has 2 aliphatic heterocycles. The summed E-state index contributed by atoms with van der Waals surface area (Å²) in [6.07, 6.45) is 3.84. The molecule has 3 aromatic rings. The van der Waals surface area contributed by atoms with Gasteiger partial charge in [-0.2, -0.15) is 10.1 Å². The van der Waals surface area contributed by atoms with Gasteiger partial charge in [-0.15, -0.1) is 0 Å². The molecular weight excluding hydrogens is 464 g/mol. The number of Topliss-reactive ketones (excluding diaryl/α,β-unsaturated/α-hetero) is 1. The van der Waals surface area contributed by atoms with Gasteiger partial charge in [0.2, 0.25) is 5.95 Å². The Morgan fingerprint density at radius 3 is 2.54 bits per heavy atom. The fourth-order valence-corrected chi connectivity index (χ4v) is 5.63. The number of hydrogen-bond acceptors (Lipinski definition) is 6. The van der Waals surface area contributed by atoms with Crippen LogP contribution in [0.2, 0.25) is 0 Å². The summed E-state index contributed by atoms with van der Waals surface area (Å²) in [6.45, 7) is 7.77. The first-order valence-corrected chi connectivity index (χ1v) is 13.5. The van der Waals surface area contributed by atoms with Gasteiger partial charge < -0.3 is 14.8 Å². The first-order valence-electron chi connectivity index (χ1n) is 13.5. The maximum atomic E-state index is 13.8. The number of nitrogens with one attached hydrogen (secondary N) is 1. The lowest BCUT2D eigenvalue weighted by atomic mass is 9.77. The molecule has 7 heteroatoms. The van der Waals surface area contributed by atoms with E-state index in [1.807, 2.05) is 22.9 Å². The summed E-state index contributed by atoms with van der Waals surface area (Å²) in [7, 11) is 0. The summed E-state index contributed by atoms with van der Waals surface area (Å²) in [6, 6.07) is 14.4. The zero-order valence-electron chi connectivity index (χ0n) is 21.8. The molecule has 7 nitrogen and oxygen atoms in total. The summed E-state index contributed by atoms with van der Waals surface area (Å²) in [4.78, 5) is 18.6. The summed E-state index contributed by atoms with van der Waals surface area (Å²) in [5.41, 5.74) is 5.21. The number of fused-ring (bicyclic) bond motifs is 2. The Balaban J connectivity index is 1.41. The second-order valence-corrected chi connectivity index (χ2v) is 10.6. The maximum absolute atomic E-state index is 13.8. The number of nitrogens with zero attached hydrogens (tertiary/aromatic N) is 3.